The standard InChI is InChI=1S/C29H32O6S/c1-20-13-15-24(16-14-20)36-29-28(34-21(2)31)27(33-19-23-11-7-4-8-12-23)26(25(17-30)35-29)32-18-22-9-5-3-6-10-22/h3-16,25-30H,17-19H2,1-2H3/t25-,26-,27+,28+,29-/m1/s1. The molecule has 4 rings (SSSR count). The highest BCUT2D eigenvalue weighted by Gasteiger charge is 2.49. The van der Waals surface area contributed by atoms with Crippen molar-refractivity contribution in [2.45, 2.75) is 61.8 Å². The largest absolute Gasteiger partial charge is 0.456 e. The van der Waals surface area contributed by atoms with Gasteiger partial charge in [-0.3, -0.25) is 4.79 Å². The lowest BCUT2D eigenvalue weighted by molar-refractivity contribution is -0.246. The molecule has 36 heavy (non-hydrogen) atoms. The zero-order chi connectivity index (χ0) is 25.3. The zero-order valence-electron chi connectivity index (χ0n) is 20.5. The van der Waals surface area contributed by atoms with Gasteiger partial charge in [-0.05, 0) is 30.2 Å². The summed E-state index contributed by atoms with van der Waals surface area (Å²) in [6, 6.07) is 27.6. The number of carbonyl (C=O) groups is 1. The van der Waals surface area contributed by atoms with E-state index in [-0.39, 0.29) is 6.61 Å². The molecule has 3 aromatic carbocycles. The quantitative estimate of drug-likeness (QED) is 0.390. The van der Waals surface area contributed by atoms with E-state index >= 15 is 0 Å². The number of hydrogen-bond acceptors (Lipinski definition) is 7. The molecule has 1 N–H and O–H groups in total. The molecule has 1 heterocycles. The van der Waals surface area contributed by atoms with Crippen LogP contribution < -0.4 is 0 Å². The lowest BCUT2D eigenvalue weighted by atomic mass is 9.99. The number of aliphatic hydroxyl groups is 1. The molecule has 0 bridgehead atoms. The average molecular weight is 509 g/mol. The summed E-state index contributed by atoms with van der Waals surface area (Å²) in [5.41, 5.74) is 2.52. The van der Waals surface area contributed by atoms with Gasteiger partial charge < -0.3 is 24.1 Å². The van der Waals surface area contributed by atoms with Crippen LogP contribution in [0, 0.1) is 6.92 Å². The molecule has 0 aliphatic carbocycles. The van der Waals surface area contributed by atoms with Crippen molar-refractivity contribution in [2.75, 3.05) is 6.61 Å². The van der Waals surface area contributed by atoms with Crippen molar-refractivity contribution in [2.24, 2.45) is 0 Å². The normalized spacial score (nSPS) is 23.8. The topological polar surface area (TPSA) is 74.2 Å². The summed E-state index contributed by atoms with van der Waals surface area (Å²) in [5, 5.41) is 10.3. The van der Waals surface area contributed by atoms with Crippen molar-refractivity contribution >= 4 is 17.7 Å². The van der Waals surface area contributed by atoms with E-state index in [1.54, 1.807) is 0 Å². The molecule has 5 atom stereocenters. The lowest BCUT2D eigenvalue weighted by Gasteiger charge is -2.45. The number of ether oxygens (including phenoxy) is 4. The van der Waals surface area contributed by atoms with E-state index in [1.165, 1.54) is 18.7 Å². The molecule has 6 nitrogen and oxygen atoms in total. The summed E-state index contributed by atoms with van der Waals surface area (Å²) in [5.74, 6) is -0.435. The second kappa shape index (κ2) is 13.0. The van der Waals surface area contributed by atoms with Crippen molar-refractivity contribution in [3.8, 4) is 0 Å². The molecule has 0 unspecified atom stereocenters. The molecule has 1 aliphatic rings. The maximum absolute atomic E-state index is 12.2. The molecule has 0 radical (unpaired) electrons. The smallest absolute Gasteiger partial charge is 0.303 e. The first-order valence-electron chi connectivity index (χ1n) is 12.0. The molecule has 7 heteroatoms. The molecular weight excluding hydrogens is 476 g/mol. The molecule has 190 valence electrons. The van der Waals surface area contributed by atoms with Crippen LogP contribution in [0.2, 0.25) is 0 Å². The third kappa shape index (κ3) is 7.18. The number of benzene rings is 3. The SMILES string of the molecule is CC(=O)O[C@H]1[C@@H](OCc2ccccc2)[C@H](OCc2ccccc2)[C@@H](CO)O[C@@H]1Sc1ccc(C)cc1. The Morgan fingerprint density at radius 3 is 1.92 bits per heavy atom. The molecule has 3 aromatic rings. The van der Waals surface area contributed by atoms with Gasteiger partial charge >= 0.3 is 5.97 Å². The van der Waals surface area contributed by atoms with Gasteiger partial charge in [-0.2, -0.15) is 0 Å². The fourth-order valence-electron chi connectivity index (χ4n) is 4.11. The van der Waals surface area contributed by atoms with E-state index < -0.39 is 35.8 Å². The summed E-state index contributed by atoms with van der Waals surface area (Å²) >= 11 is 1.44. The fourth-order valence-corrected chi connectivity index (χ4v) is 5.22. The third-order valence-corrected chi connectivity index (χ3v) is 7.07. The Labute approximate surface area is 216 Å². The van der Waals surface area contributed by atoms with Gasteiger partial charge in [-0.1, -0.05) is 90.1 Å². The van der Waals surface area contributed by atoms with Crippen LogP contribution in [0.25, 0.3) is 0 Å². The molecule has 0 amide bonds. The number of esters is 1. The second-order valence-corrected chi connectivity index (χ2v) is 9.92. The van der Waals surface area contributed by atoms with E-state index in [2.05, 4.69) is 0 Å². The first kappa shape index (κ1) is 26.4. The number of aliphatic hydroxyl groups excluding tert-OH is 1. The predicted octanol–water partition coefficient (Wildman–Crippen LogP) is 4.91. The number of rotatable bonds is 10. The van der Waals surface area contributed by atoms with Crippen LogP contribution in [0.3, 0.4) is 0 Å². The van der Waals surface area contributed by atoms with Crippen molar-refractivity contribution in [3.05, 3.63) is 102 Å². The van der Waals surface area contributed by atoms with E-state index in [1.807, 2.05) is 91.9 Å². The van der Waals surface area contributed by atoms with Crippen LogP contribution in [-0.4, -0.2) is 47.5 Å². The van der Waals surface area contributed by atoms with Crippen molar-refractivity contribution in [1.29, 1.82) is 0 Å². The van der Waals surface area contributed by atoms with Crippen LogP contribution in [0.4, 0.5) is 0 Å². The van der Waals surface area contributed by atoms with Gasteiger partial charge in [-0.25, -0.2) is 0 Å². The second-order valence-electron chi connectivity index (χ2n) is 8.75. The summed E-state index contributed by atoms with van der Waals surface area (Å²) in [7, 11) is 0. The number of aryl methyl sites for hydroxylation is 1. The lowest BCUT2D eigenvalue weighted by Crippen LogP contribution is -2.60. The summed E-state index contributed by atoms with van der Waals surface area (Å²) in [6.45, 7) is 3.74. The number of hydrogen-bond donors (Lipinski definition) is 1. The maximum Gasteiger partial charge on any atom is 0.303 e. The summed E-state index contributed by atoms with van der Waals surface area (Å²) in [4.78, 5) is 13.1. The van der Waals surface area contributed by atoms with Gasteiger partial charge in [0.15, 0.2) is 6.10 Å². The van der Waals surface area contributed by atoms with Crippen LogP contribution in [0.1, 0.15) is 23.6 Å². The first-order chi connectivity index (χ1) is 17.5. The van der Waals surface area contributed by atoms with E-state index in [0.717, 1.165) is 21.6 Å². The molecule has 0 aromatic heterocycles. The molecular formula is C29H32O6S. The van der Waals surface area contributed by atoms with Crippen molar-refractivity contribution < 1.29 is 28.8 Å². The third-order valence-electron chi connectivity index (χ3n) is 5.92. The predicted molar refractivity (Wildman–Crippen MR) is 138 cm³/mol. The van der Waals surface area contributed by atoms with Crippen molar-refractivity contribution in [3.63, 3.8) is 0 Å². The number of thioether (sulfide) groups is 1. The summed E-state index contributed by atoms with van der Waals surface area (Å²) in [6.07, 6.45) is -2.73. The van der Waals surface area contributed by atoms with Crippen LogP contribution in [0.5, 0.6) is 0 Å². The van der Waals surface area contributed by atoms with Gasteiger partial charge in [0.25, 0.3) is 0 Å². The average Bonchev–Trinajstić information content (AvgIpc) is 2.90. The van der Waals surface area contributed by atoms with Gasteiger partial charge in [0, 0.05) is 11.8 Å². The Balaban J connectivity index is 1.62. The minimum Gasteiger partial charge on any atom is -0.456 e. The van der Waals surface area contributed by atoms with E-state index in [0.29, 0.717) is 13.2 Å². The van der Waals surface area contributed by atoms with Gasteiger partial charge in [0.1, 0.15) is 23.7 Å². The fraction of sp³-hybridized carbons (Fsp3) is 0.345. The van der Waals surface area contributed by atoms with Gasteiger partial charge in [0.05, 0.1) is 19.8 Å². The van der Waals surface area contributed by atoms with Crippen molar-refractivity contribution in [1.82, 2.24) is 0 Å². The highest BCUT2D eigenvalue weighted by atomic mass is 32.2. The molecule has 1 saturated heterocycles. The molecule has 1 aliphatic heterocycles. The number of carbonyl (C=O) groups excluding carboxylic acids is 1. The van der Waals surface area contributed by atoms with Crippen LogP contribution in [0.15, 0.2) is 89.8 Å². The highest BCUT2D eigenvalue weighted by Crippen LogP contribution is 2.37. The Morgan fingerprint density at radius 1 is 0.833 bits per heavy atom. The Kier molecular flexibility index (Phi) is 9.55. The monoisotopic (exact) mass is 508 g/mol. The minimum atomic E-state index is -0.749. The molecule has 0 saturated carbocycles. The van der Waals surface area contributed by atoms with E-state index in [4.69, 9.17) is 18.9 Å². The van der Waals surface area contributed by atoms with Crippen LogP contribution in [-0.2, 0) is 37.0 Å². The first-order valence-corrected chi connectivity index (χ1v) is 12.9. The zero-order valence-corrected chi connectivity index (χ0v) is 21.3. The molecule has 0 spiro atoms. The Bertz CT molecular complexity index is 1080. The van der Waals surface area contributed by atoms with E-state index in [9.17, 15) is 9.90 Å². The molecule has 1 fully saturated rings. The highest BCUT2D eigenvalue weighted by molar-refractivity contribution is 7.99. The van der Waals surface area contributed by atoms with Gasteiger partial charge in [0.2, 0.25) is 0 Å². The van der Waals surface area contributed by atoms with Gasteiger partial charge in [-0.15, -0.1) is 0 Å². The Hall–Kier alpha value is -2.68. The minimum absolute atomic E-state index is 0.262. The van der Waals surface area contributed by atoms with Crippen LogP contribution >= 0.6 is 11.8 Å². The summed E-state index contributed by atoms with van der Waals surface area (Å²) < 4.78 is 24.8. The Morgan fingerprint density at radius 2 is 1.39 bits per heavy atom. The maximum atomic E-state index is 12.2.